The molecular formula is C19H22N6O. The summed E-state index contributed by atoms with van der Waals surface area (Å²) < 4.78 is 3.41. The van der Waals surface area contributed by atoms with E-state index in [1.54, 1.807) is 7.05 Å². The average Bonchev–Trinajstić information content (AvgIpc) is 3.00. The van der Waals surface area contributed by atoms with Gasteiger partial charge in [0.05, 0.1) is 11.9 Å². The van der Waals surface area contributed by atoms with Crippen LogP contribution in [0.5, 0.6) is 0 Å². The number of hydrogen-bond acceptors (Lipinski definition) is 5. The number of rotatable bonds is 3. The summed E-state index contributed by atoms with van der Waals surface area (Å²) in [6.45, 7) is 1.54. The van der Waals surface area contributed by atoms with E-state index in [1.807, 2.05) is 34.9 Å². The molecule has 3 N–H and O–H groups in total. The van der Waals surface area contributed by atoms with Crippen LogP contribution in [0.25, 0.3) is 16.7 Å². The first-order valence-corrected chi connectivity index (χ1v) is 8.78. The second-order valence-electron chi connectivity index (χ2n) is 6.76. The third kappa shape index (κ3) is 2.52. The van der Waals surface area contributed by atoms with Gasteiger partial charge in [-0.15, -0.1) is 0 Å². The van der Waals surface area contributed by atoms with Gasteiger partial charge in [0.2, 0.25) is 0 Å². The van der Waals surface area contributed by atoms with Crippen LogP contribution in [0.4, 0.5) is 5.82 Å². The predicted molar refractivity (Wildman–Crippen MR) is 104 cm³/mol. The Labute approximate surface area is 151 Å². The van der Waals surface area contributed by atoms with Gasteiger partial charge >= 0.3 is 0 Å². The molecule has 2 aromatic heterocycles. The van der Waals surface area contributed by atoms with Gasteiger partial charge in [0.15, 0.2) is 0 Å². The van der Waals surface area contributed by atoms with Crippen LogP contribution < -0.4 is 16.2 Å². The average molecular weight is 350 g/mol. The molecule has 1 atom stereocenters. The lowest BCUT2D eigenvalue weighted by atomic mass is 10.1. The molecule has 134 valence electrons. The molecule has 0 radical (unpaired) electrons. The number of benzene rings is 1. The maximum atomic E-state index is 12.9. The van der Waals surface area contributed by atoms with Gasteiger partial charge in [0, 0.05) is 38.1 Å². The fourth-order valence-electron chi connectivity index (χ4n) is 3.73. The van der Waals surface area contributed by atoms with Crippen molar-refractivity contribution in [3.05, 3.63) is 52.6 Å². The van der Waals surface area contributed by atoms with Crippen molar-refractivity contribution < 1.29 is 0 Å². The Morgan fingerprint density at radius 3 is 2.77 bits per heavy atom. The van der Waals surface area contributed by atoms with Gasteiger partial charge in [-0.3, -0.25) is 9.36 Å². The zero-order valence-electron chi connectivity index (χ0n) is 14.7. The molecule has 0 bridgehead atoms. The van der Waals surface area contributed by atoms with E-state index in [1.165, 1.54) is 17.1 Å². The number of nitrogens with zero attached hydrogens (tertiary/aromatic N) is 4. The SMILES string of the molecule is Cn1cnc2c(C=N)c(N3CCCC(N)C3)n(-c3ccccc3)c2c1=O. The smallest absolute Gasteiger partial charge is 0.278 e. The first-order chi connectivity index (χ1) is 12.6. The van der Waals surface area contributed by atoms with Crippen LogP contribution >= 0.6 is 0 Å². The number of piperidine rings is 1. The molecule has 1 aliphatic rings. The number of fused-ring (bicyclic) bond motifs is 1. The highest BCUT2D eigenvalue weighted by molar-refractivity contribution is 6.03. The molecule has 7 nitrogen and oxygen atoms in total. The van der Waals surface area contributed by atoms with Gasteiger partial charge in [-0.2, -0.15) is 0 Å². The fraction of sp³-hybridized carbons (Fsp3) is 0.316. The number of nitrogens with one attached hydrogen (secondary N) is 1. The summed E-state index contributed by atoms with van der Waals surface area (Å²) in [5.74, 6) is 0.826. The molecule has 3 heterocycles. The Bertz CT molecular complexity index is 1020. The number of aromatic nitrogens is 3. The van der Waals surface area contributed by atoms with E-state index in [4.69, 9.17) is 11.1 Å². The van der Waals surface area contributed by atoms with E-state index in [9.17, 15) is 4.79 Å². The molecule has 1 aromatic carbocycles. The van der Waals surface area contributed by atoms with Gasteiger partial charge in [-0.05, 0) is 25.0 Å². The topological polar surface area (TPSA) is 92.9 Å². The Balaban J connectivity index is 2.10. The predicted octanol–water partition coefficient (Wildman–Crippen LogP) is 1.65. The Morgan fingerprint density at radius 2 is 2.08 bits per heavy atom. The van der Waals surface area contributed by atoms with Gasteiger partial charge in [-0.1, -0.05) is 18.2 Å². The molecule has 0 aliphatic carbocycles. The maximum absolute atomic E-state index is 12.9. The molecule has 1 saturated heterocycles. The van der Waals surface area contributed by atoms with Gasteiger partial charge in [0.25, 0.3) is 5.56 Å². The summed E-state index contributed by atoms with van der Waals surface area (Å²) in [5, 5.41) is 7.99. The number of anilines is 1. The second-order valence-corrected chi connectivity index (χ2v) is 6.76. The highest BCUT2D eigenvalue weighted by atomic mass is 16.1. The van der Waals surface area contributed by atoms with Crippen LogP contribution in [-0.4, -0.2) is 39.5 Å². The van der Waals surface area contributed by atoms with Crippen molar-refractivity contribution in [2.75, 3.05) is 18.0 Å². The standard InChI is InChI=1S/C19H22N6O/c1-23-12-22-16-15(10-20)18(24-9-5-6-13(21)11-24)25(17(16)19(23)26)14-7-3-2-4-8-14/h2-4,7-8,10,12-13,20H,5-6,9,11,21H2,1H3. The quantitative estimate of drug-likeness (QED) is 0.703. The van der Waals surface area contributed by atoms with E-state index >= 15 is 0 Å². The van der Waals surface area contributed by atoms with Gasteiger partial charge < -0.3 is 20.6 Å². The first-order valence-electron chi connectivity index (χ1n) is 8.78. The zero-order valence-corrected chi connectivity index (χ0v) is 14.7. The van der Waals surface area contributed by atoms with Crippen LogP contribution in [-0.2, 0) is 7.05 Å². The largest absolute Gasteiger partial charge is 0.356 e. The van der Waals surface area contributed by atoms with Crippen molar-refractivity contribution in [2.24, 2.45) is 12.8 Å². The fourth-order valence-corrected chi connectivity index (χ4v) is 3.73. The van der Waals surface area contributed by atoms with Crippen molar-refractivity contribution in [3.63, 3.8) is 0 Å². The number of nitrogens with two attached hydrogens (primary N) is 1. The van der Waals surface area contributed by atoms with Crippen LogP contribution in [0.15, 0.2) is 41.5 Å². The minimum atomic E-state index is -0.130. The van der Waals surface area contributed by atoms with E-state index in [2.05, 4.69) is 9.88 Å². The summed E-state index contributed by atoms with van der Waals surface area (Å²) >= 11 is 0. The lowest BCUT2D eigenvalue weighted by Crippen LogP contribution is -2.44. The molecule has 0 amide bonds. The number of hydrogen-bond donors (Lipinski definition) is 2. The van der Waals surface area contributed by atoms with E-state index in [0.29, 0.717) is 23.1 Å². The highest BCUT2D eigenvalue weighted by Crippen LogP contribution is 2.33. The number of aryl methyl sites for hydroxylation is 1. The molecule has 1 fully saturated rings. The van der Waals surface area contributed by atoms with Crippen LogP contribution in [0, 0.1) is 5.41 Å². The minimum Gasteiger partial charge on any atom is -0.356 e. The molecule has 4 rings (SSSR count). The van der Waals surface area contributed by atoms with Crippen molar-refractivity contribution in [1.29, 1.82) is 5.41 Å². The lowest BCUT2D eigenvalue weighted by Gasteiger charge is -2.33. The summed E-state index contributed by atoms with van der Waals surface area (Å²) in [5.41, 5.74) is 8.66. The third-order valence-electron chi connectivity index (χ3n) is 4.95. The minimum absolute atomic E-state index is 0.0837. The second kappa shape index (κ2) is 6.42. The normalized spacial score (nSPS) is 17.6. The van der Waals surface area contributed by atoms with E-state index in [-0.39, 0.29) is 11.6 Å². The summed E-state index contributed by atoms with van der Waals surface area (Å²) in [4.78, 5) is 19.6. The lowest BCUT2D eigenvalue weighted by molar-refractivity contribution is 0.502. The zero-order chi connectivity index (χ0) is 18.3. The van der Waals surface area contributed by atoms with Crippen molar-refractivity contribution in [3.8, 4) is 5.69 Å². The summed E-state index contributed by atoms with van der Waals surface area (Å²) in [7, 11) is 1.69. The van der Waals surface area contributed by atoms with Crippen molar-refractivity contribution in [1.82, 2.24) is 14.1 Å². The van der Waals surface area contributed by atoms with Crippen LogP contribution in [0.1, 0.15) is 18.4 Å². The molecule has 1 unspecified atom stereocenters. The Kier molecular flexibility index (Phi) is 4.08. The van der Waals surface area contributed by atoms with Crippen molar-refractivity contribution in [2.45, 2.75) is 18.9 Å². The molecule has 1 aliphatic heterocycles. The molecule has 7 heteroatoms. The monoisotopic (exact) mass is 350 g/mol. The van der Waals surface area contributed by atoms with E-state index < -0.39 is 0 Å². The Morgan fingerprint density at radius 1 is 1.31 bits per heavy atom. The van der Waals surface area contributed by atoms with Gasteiger partial charge in [0.1, 0.15) is 16.9 Å². The molecule has 3 aromatic rings. The van der Waals surface area contributed by atoms with E-state index in [0.717, 1.165) is 30.9 Å². The van der Waals surface area contributed by atoms with Crippen LogP contribution in [0.2, 0.25) is 0 Å². The van der Waals surface area contributed by atoms with Crippen LogP contribution in [0.3, 0.4) is 0 Å². The Hall–Kier alpha value is -2.93. The first kappa shape index (κ1) is 16.5. The number of para-hydroxylation sites is 1. The summed E-state index contributed by atoms with van der Waals surface area (Å²) in [6.07, 6.45) is 4.78. The third-order valence-corrected chi connectivity index (χ3v) is 4.95. The summed E-state index contributed by atoms with van der Waals surface area (Å²) in [6, 6.07) is 9.84. The van der Waals surface area contributed by atoms with Crippen molar-refractivity contribution >= 4 is 23.1 Å². The highest BCUT2D eigenvalue weighted by Gasteiger charge is 2.27. The molecular weight excluding hydrogens is 328 g/mol. The molecule has 0 spiro atoms. The van der Waals surface area contributed by atoms with Gasteiger partial charge in [-0.25, -0.2) is 4.98 Å². The molecule has 0 saturated carbocycles. The molecule has 26 heavy (non-hydrogen) atoms. The maximum Gasteiger partial charge on any atom is 0.278 e.